The summed E-state index contributed by atoms with van der Waals surface area (Å²) in [6.45, 7) is 1.87. The number of rotatable bonds is 1. The number of nitrogens with zero attached hydrogens (tertiary/aromatic N) is 1. The molecule has 0 unspecified atom stereocenters. The Kier molecular flexibility index (Phi) is 2.67. The molecule has 0 fully saturated rings. The highest BCUT2D eigenvalue weighted by atomic mass is 16.7. The lowest BCUT2D eigenvalue weighted by Crippen LogP contribution is -2.16. The van der Waals surface area contributed by atoms with Gasteiger partial charge in [0.1, 0.15) is 5.75 Å². The molecule has 0 bridgehead atoms. The van der Waals surface area contributed by atoms with Crippen LogP contribution in [0.5, 0.6) is 5.75 Å². The van der Waals surface area contributed by atoms with Gasteiger partial charge in [-0.25, -0.2) is 4.79 Å². The highest BCUT2D eigenvalue weighted by molar-refractivity contribution is 6.03. The Hall–Kier alpha value is -1.84. The van der Waals surface area contributed by atoms with Gasteiger partial charge in [0.25, 0.3) is 0 Å². The zero-order valence-corrected chi connectivity index (χ0v) is 8.32. The van der Waals surface area contributed by atoms with Crippen LogP contribution in [0, 0.1) is 6.07 Å². The molecule has 0 aliphatic carbocycles. The summed E-state index contributed by atoms with van der Waals surface area (Å²) in [5.41, 5.74) is 1.60. The van der Waals surface area contributed by atoms with E-state index in [1.807, 2.05) is 6.07 Å². The Bertz CT molecular complexity index is 412. The number of fused-ring (bicyclic) bond motifs is 1. The highest BCUT2D eigenvalue weighted by Gasteiger charge is 2.16. The Morgan fingerprint density at radius 3 is 3.33 bits per heavy atom. The number of hydrogen-bond acceptors (Lipinski definition) is 4. The lowest BCUT2D eigenvalue weighted by molar-refractivity contribution is -0.140. The molecule has 2 rings (SSSR count). The van der Waals surface area contributed by atoms with Gasteiger partial charge >= 0.3 is 5.97 Å². The second-order valence-electron chi connectivity index (χ2n) is 3.14. The summed E-state index contributed by atoms with van der Waals surface area (Å²) in [7, 11) is 0. The predicted molar refractivity (Wildman–Crippen MR) is 53.7 cm³/mol. The first-order valence-electron chi connectivity index (χ1n) is 4.65. The Morgan fingerprint density at radius 2 is 2.53 bits per heavy atom. The average Bonchev–Trinajstić information content (AvgIpc) is 2.26. The van der Waals surface area contributed by atoms with E-state index in [1.165, 1.54) is 6.92 Å². The minimum absolute atomic E-state index is 0.418. The number of ether oxygens (including phenoxy) is 1. The van der Waals surface area contributed by atoms with Crippen molar-refractivity contribution in [1.82, 2.24) is 0 Å². The molecule has 0 amide bonds. The van der Waals surface area contributed by atoms with Gasteiger partial charge in [0.15, 0.2) is 0 Å². The molecule has 0 atom stereocenters. The standard InChI is InChI=1S/C11H10NO3/c1-8(13)15-12-10-6-7-14-11-5-3-2-4-9(10)11/h2,4-5H,6-7H2,1H3. The van der Waals surface area contributed by atoms with Gasteiger partial charge in [0, 0.05) is 18.9 Å². The summed E-state index contributed by atoms with van der Waals surface area (Å²) < 4.78 is 5.41. The van der Waals surface area contributed by atoms with Crippen LogP contribution in [0.2, 0.25) is 0 Å². The monoisotopic (exact) mass is 204 g/mol. The zero-order valence-electron chi connectivity index (χ0n) is 8.32. The van der Waals surface area contributed by atoms with E-state index in [0.717, 1.165) is 17.0 Å². The molecule has 4 heteroatoms. The molecule has 1 aliphatic rings. The van der Waals surface area contributed by atoms with Crippen LogP contribution < -0.4 is 4.74 Å². The van der Waals surface area contributed by atoms with Crippen LogP contribution in [-0.2, 0) is 9.63 Å². The van der Waals surface area contributed by atoms with Gasteiger partial charge in [-0.05, 0) is 18.2 Å². The maximum absolute atomic E-state index is 10.6. The van der Waals surface area contributed by atoms with E-state index in [-0.39, 0.29) is 0 Å². The summed E-state index contributed by atoms with van der Waals surface area (Å²) in [5, 5.41) is 3.80. The van der Waals surface area contributed by atoms with Gasteiger partial charge in [-0.3, -0.25) is 0 Å². The van der Waals surface area contributed by atoms with Crippen LogP contribution in [0.3, 0.4) is 0 Å². The lowest BCUT2D eigenvalue weighted by Gasteiger charge is -2.17. The minimum Gasteiger partial charge on any atom is -0.492 e. The lowest BCUT2D eigenvalue weighted by atomic mass is 10.0. The molecular weight excluding hydrogens is 194 g/mol. The van der Waals surface area contributed by atoms with Gasteiger partial charge in [-0.1, -0.05) is 11.2 Å². The fraction of sp³-hybridized carbons (Fsp3) is 0.273. The molecule has 1 aromatic carbocycles. The number of benzene rings is 1. The van der Waals surface area contributed by atoms with Crippen molar-refractivity contribution in [2.45, 2.75) is 13.3 Å². The van der Waals surface area contributed by atoms with Crippen molar-refractivity contribution in [2.24, 2.45) is 5.16 Å². The van der Waals surface area contributed by atoms with Crippen molar-refractivity contribution in [2.75, 3.05) is 6.61 Å². The second-order valence-corrected chi connectivity index (χ2v) is 3.14. The fourth-order valence-corrected chi connectivity index (χ4v) is 1.38. The predicted octanol–water partition coefficient (Wildman–Crippen LogP) is 1.54. The molecule has 1 heterocycles. The van der Waals surface area contributed by atoms with Crippen LogP contribution in [-0.4, -0.2) is 18.3 Å². The molecule has 4 nitrogen and oxygen atoms in total. The van der Waals surface area contributed by atoms with Crippen LogP contribution in [0.15, 0.2) is 23.4 Å². The van der Waals surface area contributed by atoms with Gasteiger partial charge < -0.3 is 9.57 Å². The molecule has 0 N–H and O–H groups in total. The first-order chi connectivity index (χ1) is 7.27. The first kappa shape index (κ1) is 9.71. The van der Waals surface area contributed by atoms with Crippen molar-refractivity contribution in [3.05, 3.63) is 29.8 Å². The summed E-state index contributed by atoms with van der Waals surface area (Å²) in [5.74, 6) is 0.313. The largest absolute Gasteiger partial charge is 0.492 e. The van der Waals surface area contributed by atoms with Crippen LogP contribution >= 0.6 is 0 Å². The molecular formula is C11H10NO3. The smallest absolute Gasteiger partial charge is 0.331 e. The fourth-order valence-electron chi connectivity index (χ4n) is 1.38. The summed E-state index contributed by atoms with van der Waals surface area (Å²) in [6.07, 6.45) is 0.643. The summed E-state index contributed by atoms with van der Waals surface area (Å²) in [4.78, 5) is 15.3. The molecule has 0 saturated heterocycles. The van der Waals surface area contributed by atoms with Gasteiger partial charge in [-0.15, -0.1) is 0 Å². The number of carbonyl (C=O) groups excluding carboxylic acids is 1. The molecule has 1 radical (unpaired) electrons. The molecule has 0 aromatic heterocycles. The minimum atomic E-state index is -0.418. The average molecular weight is 204 g/mol. The van der Waals surface area contributed by atoms with Crippen molar-refractivity contribution >= 4 is 11.7 Å². The van der Waals surface area contributed by atoms with Crippen LogP contribution in [0.4, 0.5) is 0 Å². The number of hydrogen-bond donors (Lipinski definition) is 0. The maximum atomic E-state index is 10.6. The van der Waals surface area contributed by atoms with E-state index in [4.69, 9.17) is 4.74 Å². The van der Waals surface area contributed by atoms with Crippen LogP contribution in [0.25, 0.3) is 0 Å². The Morgan fingerprint density at radius 1 is 1.67 bits per heavy atom. The molecule has 0 saturated carbocycles. The van der Waals surface area contributed by atoms with E-state index < -0.39 is 5.97 Å². The first-order valence-corrected chi connectivity index (χ1v) is 4.65. The third-order valence-electron chi connectivity index (χ3n) is 2.02. The van der Waals surface area contributed by atoms with Gasteiger partial charge in [0.05, 0.1) is 12.3 Å². The maximum Gasteiger partial charge on any atom is 0.331 e. The third-order valence-corrected chi connectivity index (χ3v) is 2.02. The topological polar surface area (TPSA) is 47.9 Å². The number of carbonyl (C=O) groups is 1. The van der Waals surface area contributed by atoms with Crippen molar-refractivity contribution < 1.29 is 14.4 Å². The normalized spacial score (nSPS) is 16.7. The second kappa shape index (κ2) is 4.13. The quantitative estimate of drug-likeness (QED) is 0.515. The Labute approximate surface area is 87.5 Å². The van der Waals surface area contributed by atoms with Crippen molar-refractivity contribution in [3.8, 4) is 5.75 Å². The molecule has 0 spiro atoms. The zero-order chi connectivity index (χ0) is 10.7. The SMILES string of the molecule is CC(=O)ON=C1CCOc2c[c]ccc21. The summed E-state index contributed by atoms with van der Waals surface area (Å²) >= 11 is 0. The van der Waals surface area contributed by atoms with Gasteiger partial charge in [-0.2, -0.15) is 0 Å². The van der Waals surface area contributed by atoms with E-state index in [0.29, 0.717) is 13.0 Å². The van der Waals surface area contributed by atoms with E-state index in [9.17, 15) is 4.79 Å². The van der Waals surface area contributed by atoms with E-state index in [2.05, 4.69) is 16.1 Å². The summed E-state index contributed by atoms with van der Waals surface area (Å²) in [6, 6.07) is 8.28. The third kappa shape index (κ3) is 2.15. The van der Waals surface area contributed by atoms with E-state index in [1.54, 1.807) is 12.1 Å². The Balaban J connectivity index is 2.29. The molecule has 1 aromatic rings. The molecule has 77 valence electrons. The van der Waals surface area contributed by atoms with Crippen LogP contribution in [0.1, 0.15) is 18.9 Å². The molecule has 15 heavy (non-hydrogen) atoms. The number of oxime groups is 1. The van der Waals surface area contributed by atoms with Gasteiger partial charge in [0.2, 0.25) is 0 Å². The highest BCUT2D eigenvalue weighted by Crippen LogP contribution is 2.24. The van der Waals surface area contributed by atoms with Crippen molar-refractivity contribution in [3.63, 3.8) is 0 Å². The van der Waals surface area contributed by atoms with Crippen molar-refractivity contribution in [1.29, 1.82) is 0 Å². The van der Waals surface area contributed by atoms with E-state index >= 15 is 0 Å². The molecule has 1 aliphatic heterocycles.